The first-order valence-electron chi connectivity index (χ1n) is 6.18. The lowest BCUT2D eigenvalue weighted by atomic mass is 10.1. The van der Waals surface area contributed by atoms with E-state index in [4.69, 9.17) is 22.4 Å². The summed E-state index contributed by atoms with van der Waals surface area (Å²) < 4.78 is 1.28. The number of nitrogens with zero attached hydrogens (tertiary/aromatic N) is 2. The molecule has 0 aliphatic heterocycles. The summed E-state index contributed by atoms with van der Waals surface area (Å²) in [4.78, 5) is 33.5. The van der Waals surface area contributed by atoms with Crippen LogP contribution in [0.3, 0.4) is 0 Å². The molecule has 0 spiro atoms. The number of aromatic carboxylic acids is 1. The SMILES string of the molecule is NC(=O)NN=Cc1sc(=O)n(Cc2cccc(C(=O)O)c2)c1Cl. The molecule has 0 saturated carbocycles. The van der Waals surface area contributed by atoms with Gasteiger partial charge in [-0.1, -0.05) is 35.1 Å². The maximum absolute atomic E-state index is 12.0. The van der Waals surface area contributed by atoms with Crippen LogP contribution in [-0.2, 0) is 6.54 Å². The maximum atomic E-state index is 12.0. The van der Waals surface area contributed by atoms with Gasteiger partial charge in [-0.15, -0.1) is 0 Å². The van der Waals surface area contributed by atoms with Crippen LogP contribution in [-0.4, -0.2) is 27.9 Å². The molecular weight excluding hydrogens is 344 g/mol. The number of rotatable bonds is 5. The van der Waals surface area contributed by atoms with E-state index in [9.17, 15) is 14.4 Å². The van der Waals surface area contributed by atoms with Crippen LogP contribution in [0.15, 0.2) is 34.2 Å². The number of hydrogen-bond acceptors (Lipinski definition) is 5. The zero-order chi connectivity index (χ0) is 17.0. The molecule has 0 aliphatic carbocycles. The Morgan fingerprint density at radius 1 is 1.48 bits per heavy atom. The lowest BCUT2D eigenvalue weighted by Crippen LogP contribution is -2.24. The summed E-state index contributed by atoms with van der Waals surface area (Å²) in [5.74, 6) is -1.05. The molecule has 2 rings (SSSR count). The quantitative estimate of drug-likeness (QED) is 0.552. The van der Waals surface area contributed by atoms with Crippen molar-refractivity contribution in [2.45, 2.75) is 6.54 Å². The second-order valence-electron chi connectivity index (χ2n) is 4.35. The van der Waals surface area contributed by atoms with E-state index < -0.39 is 12.0 Å². The highest BCUT2D eigenvalue weighted by Gasteiger charge is 2.13. The van der Waals surface area contributed by atoms with Gasteiger partial charge in [0.2, 0.25) is 0 Å². The molecule has 0 unspecified atom stereocenters. The fraction of sp³-hybridized carbons (Fsp3) is 0.0769. The molecule has 1 heterocycles. The first-order chi connectivity index (χ1) is 10.9. The van der Waals surface area contributed by atoms with Crippen molar-refractivity contribution in [1.29, 1.82) is 0 Å². The number of amides is 2. The van der Waals surface area contributed by atoms with Crippen molar-refractivity contribution in [3.05, 3.63) is 55.1 Å². The van der Waals surface area contributed by atoms with Crippen molar-refractivity contribution in [2.75, 3.05) is 0 Å². The Bertz CT molecular complexity index is 843. The summed E-state index contributed by atoms with van der Waals surface area (Å²) in [6, 6.07) is 5.36. The number of aromatic nitrogens is 1. The summed E-state index contributed by atoms with van der Waals surface area (Å²) in [6.07, 6.45) is 1.21. The van der Waals surface area contributed by atoms with Crippen molar-refractivity contribution in [3.63, 3.8) is 0 Å². The van der Waals surface area contributed by atoms with E-state index in [0.29, 0.717) is 10.4 Å². The molecule has 4 N–H and O–H groups in total. The minimum atomic E-state index is -1.05. The highest BCUT2D eigenvalue weighted by Crippen LogP contribution is 2.18. The van der Waals surface area contributed by atoms with Crippen LogP contribution >= 0.6 is 22.9 Å². The van der Waals surface area contributed by atoms with Gasteiger partial charge in [0.05, 0.1) is 23.2 Å². The molecule has 1 aromatic heterocycles. The fourth-order valence-electron chi connectivity index (χ4n) is 1.76. The van der Waals surface area contributed by atoms with Gasteiger partial charge in [-0.3, -0.25) is 9.36 Å². The molecule has 8 nitrogen and oxygen atoms in total. The molecule has 2 aromatic rings. The second kappa shape index (κ2) is 7.07. The van der Waals surface area contributed by atoms with Gasteiger partial charge in [-0.2, -0.15) is 5.10 Å². The molecule has 0 fully saturated rings. The smallest absolute Gasteiger partial charge is 0.335 e. The molecule has 0 atom stereocenters. The van der Waals surface area contributed by atoms with Gasteiger partial charge in [0.1, 0.15) is 5.15 Å². The number of urea groups is 1. The Morgan fingerprint density at radius 2 is 2.22 bits per heavy atom. The number of carboxylic acid groups (broad SMARTS) is 1. The van der Waals surface area contributed by atoms with E-state index in [1.54, 1.807) is 12.1 Å². The standard InChI is InChI=1S/C13H11ClN4O4S/c14-10-9(5-16-17-12(15)21)23-13(22)18(10)6-7-2-1-3-8(4-7)11(19)20/h1-5H,6H2,(H,19,20)(H3,15,17,21). The predicted molar refractivity (Wildman–Crippen MR) is 86.4 cm³/mol. The van der Waals surface area contributed by atoms with Gasteiger partial charge in [0.25, 0.3) is 0 Å². The summed E-state index contributed by atoms with van der Waals surface area (Å²) >= 11 is 6.96. The van der Waals surface area contributed by atoms with Crippen LogP contribution in [0.4, 0.5) is 4.79 Å². The topological polar surface area (TPSA) is 127 Å². The van der Waals surface area contributed by atoms with Crippen molar-refractivity contribution in [1.82, 2.24) is 9.99 Å². The van der Waals surface area contributed by atoms with E-state index in [0.717, 1.165) is 11.3 Å². The molecule has 0 bridgehead atoms. The Kier molecular flexibility index (Phi) is 5.14. The van der Waals surface area contributed by atoms with Gasteiger partial charge in [-0.05, 0) is 17.7 Å². The molecule has 10 heteroatoms. The lowest BCUT2D eigenvalue weighted by molar-refractivity contribution is 0.0696. The largest absolute Gasteiger partial charge is 0.478 e. The number of hydrazone groups is 1. The molecule has 2 amide bonds. The third kappa shape index (κ3) is 4.18. The Morgan fingerprint density at radius 3 is 2.87 bits per heavy atom. The van der Waals surface area contributed by atoms with E-state index in [1.165, 1.54) is 22.9 Å². The summed E-state index contributed by atoms with van der Waals surface area (Å²) in [5, 5.41) is 12.7. The molecule has 1 aromatic carbocycles. The molecule has 0 saturated heterocycles. The maximum Gasteiger partial charge on any atom is 0.335 e. The molecule has 0 aliphatic rings. The number of nitrogens with one attached hydrogen (secondary N) is 1. The highest BCUT2D eigenvalue weighted by molar-refractivity contribution is 7.11. The normalized spacial score (nSPS) is 10.8. The number of halogens is 1. The molecule has 23 heavy (non-hydrogen) atoms. The van der Waals surface area contributed by atoms with Crippen LogP contribution < -0.4 is 16.0 Å². The number of primary amides is 1. The highest BCUT2D eigenvalue weighted by atomic mass is 35.5. The number of carbonyl (C=O) groups excluding carboxylic acids is 1. The van der Waals surface area contributed by atoms with E-state index in [1.807, 2.05) is 5.43 Å². The number of nitrogens with two attached hydrogens (primary N) is 1. The van der Waals surface area contributed by atoms with Crippen molar-refractivity contribution in [2.24, 2.45) is 10.8 Å². The van der Waals surface area contributed by atoms with Gasteiger partial charge < -0.3 is 10.8 Å². The zero-order valence-corrected chi connectivity index (χ0v) is 13.1. The van der Waals surface area contributed by atoms with Crippen LogP contribution in [0.5, 0.6) is 0 Å². The Hall–Kier alpha value is -2.65. The van der Waals surface area contributed by atoms with E-state index in [2.05, 4.69) is 5.10 Å². The minimum absolute atomic E-state index is 0.117. The van der Waals surface area contributed by atoms with Crippen LogP contribution in [0.1, 0.15) is 20.8 Å². The van der Waals surface area contributed by atoms with Crippen LogP contribution in [0.2, 0.25) is 5.15 Å². The average Bonchev–Trinajstić information content (AvgIpc) is 2.75. The van der Waals surface area contributed by atoms with Crippen molar-refractivity contribution in [3.8, 4) is 0 Å². The summed E-state index contributed by atoms with van der Waals surface area (Å²) in [5.41, 5.74) is 7.60. The van der Waals surface area contributed by atoms with Gasteiger partial charge in [-0.25, -0.2) is 15.0 Å². The number of carbonyl (C=O) groups is 2. The van der Waals surface area contributed by atoms with Crippen LogP contribution in [0.25, 0.3) is 0 Å². The third-order valence-electron chi connectivity index (χ3n) is 2.73. The predicted octanol–water partition coefficient (Wildman–Crippen LogP) is 1.31. The fourth-order valence-corrected chi connectivity index (χ4v) is 2.86. The van der Waals surface area contributed by atoms with Crippen molar-refractivity contribution >= 4 is 41.2 Å². The Balaban J connectivity index is 2.27. The van der Waals surface area contributed by atoms with Gasteiger partial charge in [0, 0.05) is 0 Å². The number of carboxylic acids is 1. The number of thiazole rings is 1. The third-order valence-corrected chi connectivity index (χ3v) is 4.16. The lowest BCUT2D eigenvalue weighted by Gasteiger charge is -2.05. The Labute approximate surface area is 138 Å². The molecule has 120 valence electrons. The van der Waals surface area contributed by atoms with Crippen LogP contribution in [0, 0.1) is 0 Å². The van der Waals surface area contributed by atoms with Gasteiger partial charge in [0.15, 0.2) is 0 Å². The molecular formula is C13H11ClN4O4S. The molecule has 0 radical (unpaired) electrons. The average molecular weight is 355 g/mol. The van der Waals surface area contributed by atoms with Crippen molar-refractivity contribution < 1.29 is 14.7 Å². The summed E-state index contributed by atoms with van der Waals surface area (Å²) in [6.45, 7) is 0.117. The number of hydrogen-bond donors (Lipinski definition) is 3. The summed E-state index contributed by atoms with van der Waals surface area (Å²) in [7, 11) is 0. The van der Waals surface area contributed by atoms with E-state index >= 15 is 0 Å². The van der Waals surface area contributed by atoms with Gasteiger partial charge >= 0.3 is 16.9 Å². The zero-order valence-electron chi connectivity index (χ0n) is 11.5. The second-order valence-corrected chi connectivity index (χ2v) is 5.70. The monoisotopic (exact) mass is 354 g/mol. The first-order valence-corrected chi connectivity index (χ1v) is 7.38. The first kappa shape index (κ1) is 16.7. The van der Waals surface area contributed by atoms with E-state index in [-0.39, 0.29) is 22.1 Å². The number of benzene rings is 1. The minimum Gasteiger partial charge on any atom is -0.478 e.